The zero-order chi connectivity index (χ0) is 13.1. The van der Waals surface area contributed by atoms with Gasteiger partial charge in [0.2, 0.25) is 0 Å². The summed E-state index contributed by atoms with van der Waals surface area (Å²) in [4.78, 5) is 1.32. The van der Waals surface area contributed by atoms with Crippen LogP contribution in [0.1, 0.15) is 24.0 Å². The predicted octanol–water partition coefficient (Wildman–Crippen LogP) is 2.43. The Labute approximate surface area is 98.4 Å². The maximum absolute atomic E-state index is 12.3. The Bertz CT molecular complexity index is 360. The number of nitrogens with two attached hydrogens (primary N) is 1. The van der Waals surface area contributed by atoms with E-state index in [9.17, 15) is 13.2 Å². The molecule has 98 valence electrons. The minimum absolute atomic E-state index is 0.228. The lowest BCUT2D eigenvalue weighted by Gasteiger charge is -2.21. The maximum atomic E-state index is 12.3. The van der Waals surface area contributed by atoms with Gasteiger partial charge in [-0.05, 0) is 19.5 Å². The van der Waals surface area contributed by atoms with E-state index in [4.69, 9.17) is 10.2 Å². The minimum Gasteiger partial charge on any atom is -0.465 e. The van der Waals surface area contributed by atoms with Gasteiger partial charge in [0.25, 0.3) is 0 Å². The number of hydrogen-bond acceptors (Lipinski definition) is 3. The topological polar surface area (TPSA) is 42.4 Å². The Morgan fingerprint density at radius 1 is 1.41 bits per heavy atom. The number of furan rings is 1. The molecule has 0 radical (unpaired) electrons. The summed E-state index contributed by atoms with van der Waals surface area (Å²) in [5.74, 6) is 1.23. The molecule has 6 heteroatoms. The van der Waals surface area contributed by atoms with E-state index < -0.39 is 12.7 Å². The lowest BCUT2D eigenvalue weighted by molar-refractivity contribution is -0.146. The normalized spacial score (nSPS) is 12.4. The van der Waals surface area contributed by atoms with Crippen LogP contribution in [-0.4, -0.2) is 24.2 Å². The van der Waals surface area contributed by atoms with E-state index in [-0.39, 0.29) is 13.1 Å². The molecule has 0 unspecified atom stereocenters. The summed E-state index contributed by atoms with van der Waals surface area (Å²) in [6.07, 6.45) is -4.18. The van der Waals surface area contributed by atoms with Crippen LogP contribution in [0, 0.1) is 6.92 Å². The van der Waals surface area contributed by atoms with E-state index in [2.05, 4.69) is 0 Å². The van der Waals surface area contributed by atoms with Crippen molar-refractivity contribution in [2.75, 3.05) is 13.1 Å². The van der Waals surface area contributed by atoms with Crippen molar-refractivity contribution < 1.29 is 17.6 Å². The van der Waals surface area contributed by atoms with Crippen LogP contribution in [0.5, 0.6) is 0 Å². The molecule has 0 atom stereocenters. The highest BCUT2D eigenvalue weighted by atomic mass is 19.4. The van der Waals surface area contributed by atoms with Gasteiger partial charge >= 0.3 is 6.18 Å². The molecule has 0 aliphatic heterocycles. The van der Waals surface area contributed by atoms with Crippen molar-refractivity contribution in [1.29, 1.82) is 0 Å². The molecule has 1 rings (SSSR count). The van der Waals surface area contributed by atoms with Gasteiger partial charge in [-0.1, -0.05) is 6.92 Å². The zero-order valence-corrected chi connectivity index (χ0v) is 9.97. The summed E-state index contributed by atoms with van der Waals surface area (Å²) in [7, 11) is 0. The second-order valence-electron chi connectivity index (χ2n) is 3.92. The van der Waals surface area contributed by atoms with Crippen molar-refractivity contribution in [1.82, 2.24) is 4.90 Å². The van der Waals surface area contributed by atoms with Gasteiger partial charge in [-0.3, -0.25) is 4.90 Å². The lowest BCUT2D eigenvalue weighted by atomic mass is 10.2. The highest BCUT2D eigenvalue weighted by Crippen LogP contribution is 2.20. The smallest absolute Gasteiger partial charge is 0.401 e. The van der Waals surface area contributed by atoms with Gasteiger partial charge in [-0.25, -0.2) is 0 Å². The standard InChI is InChI=1S/C11H17F3N2O/c1-3-16(7-11(12,13)14)6-9-4-10(5-15)17-8(9)2/h4H,3,5-7,15H2,1-2H3. The summed E-state index contributed by atoms with van der Waals surface area (Å²) in [6, 6.07) is 1.72. The van der Waals surface area contributed by atoms with Gasteiger partial charge in [0, 0.05) is 12.1 Å². The summed E-state index contributed by atoms with van der Waals surface area (Å²) >= 11 is 0. The molecule has 0 aromatic carbocycles. The van der Waals surface area contributed by atoms with E-state index in [1.54, 1.807) is 19.9 Å². The first-order chi connectivity index (χ1) is 7.85. The number of aryl methyl sites for hydroxylation is 1. The van der Waals surface area contributed by atoms with Crippen LogP contribution in [0.4, 0.5) is 13.2 Å². The van der Waals surface area contributed by atoms with Gasteiger partial charge in [0.1, 0.15) is 11.5 Å². The fourth-order valence-corrected chi connectivity index (χ4v) is 1.62. The Kier molecular flexibility index (Phi) is 4.59. The summed E-state index contributed by atoms with van der Waals surface area (Å²) in [5, 5.41) is 0. The Morgan fingerprint density at radius 3 is 2.47 bits per heavy atom. The molecule has 2 N–H and O–H groups in total. The SMILES string of the molecule is CCN(Cc1cc(CN)oc1C)CC(F)(F)F. The van der Waals surface area contributed by atoms with Crippen molar-refractivity contribution in [2.24, 2.45) is 5.73 Å². The Hall–Kier alpha value is -1.01. The van der Waals surface area contributed by atoms with Crippen LogP contribution in [0.2, 0.25) is 0 Å². The average molecular weight is 250 g/mol. The van der Waals surface area contributed by atoms with E-state index in [0.717, 1.165) is 5.56 Å². The van der Waals surface area contributed by atoms with Crippen LogP contribution < -0.4 is 5.73 Å². The van der Waals surface area contributed by atoms with Crippen molar-refractivity contribution in [3.05, 3.63) is 23.2 Å². The van der Waals surface area contributed by atoms with Crippen molar-refractivity contribution >= 4 is 0 Å². The lowest BCUT2D eigenvalue weighted by Crippen LogP contribution is -2.33. The molecule has 0 amide bonds. The van der Waals surface area contributed by atoms with Crippen LogP contribution in [0.15, 0.2) is 10.5 Å². The molecule has 1 heterocycles. The molecule has 0 saturated carbocycles. The molecule has 0 bridgehead atoms. The summed E-state index contributed by atoms with van der Waals surface area (Å²) in [5.41, 5.74) is 6.17. The summed E-state index contributed by atoms with van der Waals surface area (Å²) < 4.78 is 42.2. The van der Waals surface area contributed by atoms with E-state index >= 15 is 0 Å². The fourth-order valence-electron chi connectivity index (χ4n) is 1.62. The number of rotatable bonds is 5. The van der Waals surface area contributed by atoms with Crippen molar-refractivity contribution in [2.45, 2.75) is 33.1 Å². The molecule has 1 aromatic rings. The molecule has 1 aromatic heterocycles. The van der Waals surface area contributed by atoms with E-state index in [1.165, 1.54) is 4.90 Å². The minimum atomic E-state index is -4.18. The molecule has 0 fully saturated rings. The first kappa shape index (κ1) is 14.1. The maximum Gasteiger partial charge on any atom is 0.401 e. The highest BCUT2D eigenvalue weighted by molar-refractivity contribution is 5.20. The third-order valence-corrected chi connectivity index (χ3v) is 2.52. The molecule has 0 spiro atoms. The summed E-state index contributed by atoms with van der Waals surface area (Å²) in [6.45, 7) is 3.34. The van der Waals surface area contributed by atoms with Crippen LogP contribution in [0.3, 0.4) is 0 Å². The molecular weight excluding hydrogens is 233 g/mol. The van der Waals surface area contributed by atoms with Gasteiger partial charge in [0.05, 0.1) is 13.1 Å². The van der Waals surface area contributed by atoms with Crippen LogP contribution in [-0.2, 0) is 13.1 Å². The molecular formula is C11H17F3N2O. The molecule has 3 nitrogen and oxygen atoms in total. The monoisotopic (exact) mass is 250 g/mol. The van der Waals surface area contributed by atoms with Gasteiger partial charge in [-0.2, -0.15) is 13.2 Å². The van der Waals surface area contributed by atoms with Gasteiger partial charge < -0.3 is 10.2 Å². The number of hydrogen-bond donors (Lipinski definition) is 1. The first-order valence-corrected chi connectivity index (χ1v) is 5.43. The zero-order valence-electron chi connectivity index (χ0n) is 9.97. The molecule has 0 aliphatic rings. The van der Waals surface area contributed by atoms with E-state index in [1.807, 2.05) is 0 Å². The molecule has 0 saturated heterocycles. The van der Waals surface area contributed by atoms with Crippen molar-refractivity contribution in [3.8, 4) is 0 Å². The quantitative estimate of drug-likeness (QED) is 0.872. The second kappa shape index (κ2) is 5.55. The Balaban J connectivity index is 2.70. The van der Waals surface area contributed by atoms with Crippen molar-refractivity contribution in [3.63, 3.8) is 0 Å². The number of halogens is 3. The third kappa shape index (κ3) is 4.40. The van der Waals surface area contributed by atoms with Crippen LogP contribution in [0.25, 0.3) is 0 Å². The second-order valence-corrected chi connectivity index (χ2v) is 3.92. The first-order valence-electron chi connectivity index (χ1n) is 5.43. The third-order valence-electron chi connectivity index (χ3n) is 2.52. The number of alkyl halides is 3. The number of nitrogens with zero attached hydrogens (tertiary/aromatic N) is 1. The largest absolute Gasteiger partial charge is 0.465 e. The molecule has 0 aliphatic carbocycles. The van der Waals surface area contributed by atoms with Gasteiger partial charge in [0.15, 0.2) is 0 Å². The van der Waals surface area contributed by atoms with Crippen LogP contribution >= 0.6 is 0 Å². The Morgan fingerprint density at radius 2 is 2.06 bits per heavy atom. The average Bonchev–Trinajstić information content (AvgIpc) is 2.56. The molecule has 17 heavy (non-hydrogen) atoms. The highest BCUT2D eigenvalue weighted by Gasteiger charge is 2.30. The van der Waals surface area contributed by atoms with E-state index in [0.29, 0.717) is 18.1 Å². The fraction of sp³-hybridized carbons (Fsp3) is 0.636. The predicted molar refractivity (Wildman–Crippen MR) is 58.3 cm³/mol. The van der Waals surface area contributed by atoms with Gasteiger partial charge in [-0.15, -0.1) is 0 Å².